The summed E-state index contributed by atoms with van der Waals surface area (Å²) in [6.07, 6.45) is 2.77. The first-order valence-corrected chi connectivity index (χ1v) is 4.88. The maximum Gasteiger partial charge on any atom is 0.307 e. The molecule has 0 aliphatic rings. The summed E-state index contributed by atoms with van der Waals surface area (Å²) in [6.45, 7) is 1.79. The molecule has 0 aliphatic carbocycles. The number of nitrogens with one attached hydrogen (secondary N) is 1. The van der Waals surface area contributed by atoms with E-state index in [-0.39, 0.29) is 12.4 Å². The molecule has 0 saturated heterocycles. The topological polar surface area (TPSA) is 51.2 Å². The van der Waals surface area contributed by atoms with Gasteiger partial charge in [-0.25, -0.2) is 4.39 Å². The largest absolute Gasteiger partial charge is 0.469 e. The highest BCUT2D eigenvalue weighted by Gasteiger charge is 2.29. The average molecular weight is 226 g/mol. The van der Waals surface area contributed by atoms with Crippen LogP contribution in [0.4, 0.5) is 4.39 Å². The van der Waals surface area contributed by atoms with Crippen molar-refractivity contribution in [1.29, 1.82) is 0 Å². The number of rotatable bonds is 4. The standard InChI is InChI=1S/C11H15FN2O2/c1-11(13-2,5-10(15)16-3)8-4-9(12)7-14-6-8/h4,6-7,13H,5H2,1-3H3. The second-order valence-corrected chi connectivity index (χ2v) is 3.73. The van der Waals surface area contributed by atoms with Gasteiger partial charge in [-0.3, -0.25) is 9.78 Å². The van der Waals surface area contributed by atoms with E-state index in [2.05, 4.69) is 15.0 Å². The van der Waals surface area contributed by atoms with Gasteiger partial charge in [0.1, 0.15) is 5.82 Å². The predicted octanol–water partition coefficient (Wildman–Crippen LogP) is 1.22. The summed E-state index contributed by atoms with van der Waals surface area (Å²) in [6, 6.07) is 1.35. The summed E-state index contributed by atoms with van der Waals surface area (Å²) < 4.78 is 17.7. The number of esters is 1. The van der Waals surface area contributed by atoms with Crippen molar-refractivity contribution in [3.8, 4) is 0 Å². The molecule has 0 spiro atoms. The Labute approximate surface area is 93.8 Å². The van der Waals surface area contributed by atoms with Gasteiger partial charge < -0.3 is 10.1 Å². The number of carbonyl (C=O) groups excluding carboxylic acids is 1. The van der Waals surface area contributed by atoms with Crippen LogP contribution in [0.1, 0.15) is 18.9 Å². The summed E-state index contributed by atoms with van der Waals surface area (Å²) in [5.41, 5.74) is -0.0669. The number of methoxy groups -OCH3 is 1. The van der Waals surface area contributed by atoms with E-state index in [0.29, 0.717) is 5.56 Å². The van der Waals surface area contributed by atoms with Gasteiger partial charge in [0.15, 0.2) is 0 Å². The number of nitrogens with zero attached hydrogens (tertiary/aromatic N) is 1. The van der Waals surface area contributed by atoms with E-state index >= 15 is 0 Å². The molecule has 16 heavy (non-hydrogen) atoms. The minimum absolute atomic E-state index is 0.116. The fraction of sp³-hybridized carbons (Fsp3) is 0.455. The number of hydrogen-bond acceptors (Lipinski definition) is 4. The Balaban J connectivity index is 2.99. The summed E-state index contributed by atoms with van der Waals surface area (Å²) in [4.78, 5) is 15.0. The zero-order valence-corrected chi connectivity index (χ0v) is 9.58. The fourth-order valence-electron chi connectivity index (χ4n) is 1.41. The van der Waals surface area contributed by atoms with Crippen LogP contribution in [0, 0.1) is 5.82 Å². The molecule has 0 radical (unpaired) electrons. The van der Waals surface area contributed by atoms with Gasteiger partial charge in [0.2, 0.25) is 0 Å². The van der Waals surface area contributed by atoms with E-state index in [9.17, 15) is 9.18 Å². The molecule has 1 N–H and O–H groups in total. The van der Waals surface area contributed by atoms with Crippen LogP contribution in [0.5, 0.6) is 0 Å². The summed E-state index contributed by atoms with van der Waals surface area (Å²) >= 11 is 0. The lowest BCUT2D eigenvalue weighted by atomic mass is 9.90. The van der Waals surface area contributed by atoms with E-state index in [1.807, 2.05) is 0 Å². The normalized spacial score (nSPS) is 14.2. The van der Waals surface area contributed by atoms with Crippen molar-refractivity contribution in [2.24, 2.45) is 0 Å². The molecule has 1 aromatic heterocycles. The number of halogens is 1. The SMILES string of the molecule is CNC(C)(CC(=O)OC)c1cncc(F)c1. The summed E-state index contributed by atoms with van der Waals surface area (Å²) in [7, 11) is 3.02. The van der Waals surface area contributed by atoms with Gasteiger partial charge in [0.25, 0.3) is 0 Å². The Morgan fingerprint density at radius 3 is 2.81 bits per heavy atom. The van der Waals surface area contributed by atoms with Crippen LogP contribution >= 0.6 is 0 Å². The Hall–Kier alpha value is -1.49. The van der Waals surface area contributed by atoms with Gasteiger partial charge in [-0.1, -0.05) is 0 Å². The highest BCUT2D eigenvalue weighted by Crippen LogP contribution is 2.24. The number of carbonyl (C=O) groups is 1. The number of pyridine rings is 1. The van der Waals surface area contributed by atoms with E-state index < -0.39 is 11.4 Å². The highest BCUT2D eigenvalue weighted by atomic mass is 19.1. The second-order valence-electron chi connectivity index (χ2n) is 3.73. The fourth-order valence-corrected chi connectivity index (χ4v) is 1.41. The van der Waals surface area contributed by atoms with Crippen LogP contribution in [0.3, 0.4) is 0 Å². The Morgan fingerprint density at radius 1 is 1.62 bits per heavy atom. The number of hydrogen-bond donors (Lipinski definition) is 1. The summed E-state index contributed by atoms with van der Waals surface area (Å²) in [5, 5.41) is 2.98. The van der Waals surface area contributed by atoms with Gasteiger partial charge in [0.05, 0.1) is 25.3 Å². The molecule has 0 aliphatic heterocycles. The molecule has 1 atom stereocenters. The van der Waals surface area contributed by atoms with Crippen molar-refractivity contribution in [1.82, 2.24) is 10.3 Å². The maximum atomic E-state index is 13.0. The van der Waals surface area contributed by atoms with Crippen LogP contribution in [0.2, 0.25) is 0 Å². The van der Waals surface area contributed by atoms with Crippen molar-refractivity contribution < 1.29 is 13.9 Å². The molecule has 4 nitrogen and oxygen atoms in total. The molecule has 0 aromatic carbocycles. The number of aromatic nitrogens is 1. The summed E-state index contributed by atoms with van der Waals surface area (Å²) in [5.74, 6) is -0.787. The first-order valence-electron chi connectivity index (χ1n) is 4.88. The van der Waals surface area contributed by atoms with Crippen molar-refractivity contribution in [2.45, 2.75) is 18.9 Å². The molecule has 0 bridgehead atoms. The van der Waals surface area contributed by atoms with Gasteiger partial charge >= 0.3 is 5.97 Å². The lowest BCUT2D eigenvalue weighted by Gasteiger charge is -2.28. The van der Waals surface area contributed by atoms with Gasteiger partial charge in [-0.2, -0.15) is 0 Å². The van der Waals surface area contributed by atoms with Crippen molar-refractivity contribution in [3.05, 3.63) is 29.8 Å². The molecular formula is C11H15FN2O2. The third-order valence-electron chi connectivity index (χ3n) is 2.62. The molecule has 5 heteroatoms. The van der Waals surface area contributed by atoms with E-state index in [4.69, 9.17) is 0 Å². The molecule has 1 aromatic rings. The average Bonchev–Trinajstić information content (AvgIpc) is 2.28. The highest BCUT2D eigenvalue weighted by molar-refractivity contribution is 5.71. The molecule has 1 unspecified atom stereocenters. The smallest absolute Gasteiger partial charge is 0.307 e. The molecule has 88 valence electrons. The Kier molecular flexibility index (Phi) is 3.95. The number of ether oxygens (including phenoxy) is 1. The molecule has 1 heterocycles. The van der Waals surface area contributed by atoms with Crippen molar-refractivity contribution in [3.63, 3.8) is 0 Å². The lowest BCUT2D eigenvalue weighted by Crippen LogP contribution is -2.39. The molecule has 0 fully saturated rings. The van der Waals surface area contributed by atoms with Crippen LogP contribution in [0.15, 0.2) is 18.5 Å². The van der Waals surface area contributed by atoms with E-state index in [0.717, 1.165) is 6.20 Å². The first kappa shape index (κ1) is 12.6. The zero-order valence-electron chi connectivity index (χ0n) is 9.58. The quantitative estimate of drug-likeness (QED) is 0.784. The van der Waals surface area contributed by atoms with E-state index in [1.165, 1.54) is 19.4 Å². The third-order valence-corrected chi connectivity index (χ3v) is 2.62. The minimum atomic E-state index is -0.678. The van der Waals surface area contributed by atoms with E-state index in [1.54, 1.807) is 14.0 Å². The molecule has 0 amide bonds. The monoisotopic (exact) mass is 226 g/mol. The Bertz CT molecular complexity index is 384. The van der Waals surface area contributed by atoms with Crippen LogP contribution in [-0.4, -0.2) is 25.1 Å². The van der Waals surface area contributed by atoms with Crippen LogP contribution in [0.25, 0.3) is 0 Å². The zero-order chi connectivity index (χ0) is 12.2. The molecule has 0 saturated carbocycles. The first-order chi connectivity index (χ1) is 7.51. The predicted molar refractivity (Wildman–Crippen MR) is 57.2 cm³/mol. The second kappa shape index (κ2) is 5.03. The lowest BCUT2D eigenvalue weighted by molar-refractivity contribution is -0.142. The van der Waals surface area contributed by atoms with Crippen molar-refractivity contribution >= 4 is 5.97 Å². The van der Waals surface area contributed by atoms with Crippen LogP contribution < -0.4 is 5.32 Å². The Morgan fingerprint density at radius 2 is 2.31 bits per heavy atom. The molecule has 1 rings (SSSR count). The van der Waals surface area contributed by atoms with Gasteiger partial charge in [0, 0.05) is 6.20 Å². The van der Waals surface area contributed by atoms with Crippen LogP contribution in [-0.2, 0) is 15.1 Å². The minimum Gasteiger partial charge on any atom is -0.469 e. The molecular weight excluding hydrogens is 211 g/mol. The third kappa shape index (κ3) is 2.76. The maximum absolute atomic E-state index is 13.0. The van der Waals surface area contributed by atoms with Gasteiger partial charge in [-0.05, 0) is 25.6 Å². The van der Waals surface area contributed by atoms with Crippen molar-refractivity contribution in [2.75, 3.05) is 14.2 Å². The van der Waals surface area contributed by atoms with Gasteiger partial charge in [-0.15, -0.1) is 0 Å².